The third-order valence-electron chi connectivity index (χ3n) is 4.39. The number of hydrogen-bond acceptors (Lipinski definition) is 8. The summed E-state index contributed by atoms with van der Waals surface area (Å²) < 4.78 is 27.5. The van der Waals surface area contributed by atoms with Gasteiger partial charge in [-0.3, -0.25) is 0 Å². The molecule has 29 heavy (non-hydrogen) atoms. The smallest absolute Gasteiger partial charge is 0.339 e. The highest BCUT2D eigenvalue weighted by Crippen LogP contribution is 2.31. The van der Waals surface area contributed by atoms with Crippen molar-refractivity contribution in [1.82, 2.24) is 10.2 Å². The molecule has 1 aromatic heterocycles. The molecule has 3 aromatic rings. The van der Waals surface area contributed by atoms with Crippen molar-refractivity contribution >= 4 is 5.97 Å². The fourth-order valence-corrected chi connectivity index (χ4v) is 2.82. The van der Waals surface area contributed by atoms with Crippen LogP contribution in [-0.4, -0.2) is 36.5 Å². The van der Waals surface area contributed by atoms with Crippen LogP contribution in [0.1, 0.15) is 35.7 Å². The Bertz CT molecular complexity index is 999. The summed E-state index contributed by atoms with van der Waals surface area (Å²) in [6.45, 7) is 2.80. The zero-order valence-electron chi connectivity index (χ0n) is 16.1. The van der Waals surface area contributed by atoms with Crippen molar-refractivity contribution in [2.45, 2.75) is 19.4 Å². The van der Waals surface area contributed by atoms with Crippen LogP contribution in [0.3, 0.4) is 0 Å². The molecule has 0 amide bonds. The standard InChI is InChI=1S/C21H20N2O6/c1-13(19-22-23-20(29-19)14-4-7-16(25-2)8-5-14)28-21(24)15-6-9-17-18(12-15)27-11-3-10-26-17/h4-9,12-13H,3,10-11H2,1-2H3. The van der Waals surface area contributed by atoms with Crippen LogP contribution in [0, 0.1) is 0 Å². The van der Waals surface area contributed by atoms with Gasteiger partial charge in [0.1, 0.15) is 5.75 Å². The molecule has 1 aliphatic heterocycles. The maximum Gasteiger partial charge on any atom is 0.339 e. The molecule has 0 bridgehead atoms. The third kappa shape index (κ3) is 4.16. The summed E-state index contributed by atoms with van der Waals surface area (Å²) >= 11 is 0. The summed E-state index contributed by atoms with van der Waals surface area (Å²) in [5.41, 5.74) is 1.10. The Balaban J connectivity index is 1.45. The molecule has 1 unspecified atom stereocenters. The van der Waals surface area contributed by atoms with Crippen molar-refractivity contribution in [2.24, 2.45) is 0 Å². The molecule has 2 heterocycles. The fourth-order valence-electron chi connectivity index (χ4n) is 2.82. The lowest BCUT2D eigenvalue weighted by Gasteiger charge is -2.11. The summed E-state index contributed by atoms with van der Waals surface area (Å²) in [5, 5.41) is 8.02. The molecule has 1 aliphatic rings. The molecular weight excluding hydrogens is 376 g/mol. The summed E-state index contributed by atoms with van der Waals surface area (Å²) in [7, 11) is 1.60. The number of carbonyl (C=O) groups excluding carboxylic acids is 1. The topological polar surface area (TPSA) is 92.9 Å². The molecule has 150 valence electrons. The van der Waals surface area contributed by atoms with E-state index in [0.29, 0.717) is 36.2 Å². The Hall–Kier alpha value is -3.55. The highest BCUT2D eigenvalue weighted by Gasteiger charge is 2.21. The van der Waals surface area contributed by atoms with Crippen LogP contribution >= 0.6 is 0 Å². The van der Waals surface area contributed by atoms with E-state index in [1.807, 2.05) is 12.1 Å². The maximum atomic E-state index is 12.5. The van der Waals surface area contributed by atoms with Gasteiger partial charge in [0.05, 0.1) is 25.9 Å². The van der Waals surface area contributed by atoms with Gasteiger partial charge >= 0.3 is 5.97 Å². The second-order valence-electron chi connectivity index (χ2n) is 6.43. The number of nitrogens with zero attached hydrogens (tertiary/aromatic N) is 2. The average molecular weight is 396 g/mol. The summed E-state index contributed by atoms with van der Waals surface area (Å²) in [6, 6.07) is 12.2. The number of ether oxygens (including phenoxy) is 4. The monoisotopic (exact) mass is 396 g/mol. The Morgan fingerprint density at radius 1 is 1.03 bits per heavy atom. The van der Waals surface area contributed by atoms with Gasteiger partial charge in [-0.05, 0) is 49.4 Å². The van der Waals surface area contributed by atoms with Crippen molar-refractivity contribution in [3.05, 3.63) is 53.9 Å². The number of rotatable bonds is 5. The lowest BCUT2D eigenvalue weighted by molar-refractivity contribution is 0.0279. The second-order valence-corrected chi connectivity index (χ2v) is 6.43. The van der Waals surface area contributed by atoms with Gasteiger partial charge in [0.2, 0.25) is 5.89 Å². The molecule has 4 rings (SSSR count). The van der Waals surface area contributed by atoms with E-state index >= 15 is 0 Å². The minimum Gasteiger partial charge on any atom is -0.497 e. The first kappa shape index (κ1) is 18.8. The van der Waals surface area contributed by atoms with Crippen molar-refractivity contribution in [2.75, 3.05) is 20.3 Å². The summed E-state index contributed by atoms with van der Waals surface area (Å²) in [4.78, 5) is 12.5. The normalized spacial score (nSPS) is 14.0. The number of fused-ring (bicyclic) bond motifs is 1. The van der Waals surface area contributed by atoms with Crippen molar-refractivity contribution in [1.29, 1.82) is 0 Å². The predicted molar refractivity (Wildman–Crippen MR) is 102 cm³/mol. The Morgan fingerprint density at radius 2 is 1.79 bits per heavy atom. The first-order valence-corrected chi connectivity index (χ1v) is 9.22. The van der Waals surface area contributed by atoms with E-state index in [1.165, 1.54) is 0 Å². The highest BCUT2D eigenvalue weighted by atomic mass is 16.6. The van der Waals surface area contributed by atoms with Crippen LogP contribution < -0.4 is 14.2 Å². The largest absolute Gasteiger partial charge is 0.497 e. The Morgan fingerprint density at radius 3 is 2.55 bits per heavy atom. The molecule has 0 fully saturated rings. The van der Waals surface area contributed by atoms with Gasteiger partial charge in [0.15, 0.2) is 17.6 Å². The van der Waals surface area contributed by atoms with Crippen molar-refractivity contribution < 1.29 is 28.2 Å². The van der Waals surface area contributed by atoms with Crippen LogP contribution in [0.2, 0.25) is 0 Å². The molecule has 0 N–H and O–H groups in total. The average Bonchev–Trinajstić information content (AvgIpc) is 3.13. The summed E-state index contributed by atoms with van der Waals surface area (Å²) in [6.07, 6.45) is 0.0807. The number of hydrogen-bond donors (Lipinski definition) is 0. The minimum atomic E-state index is -0.710. The zero-order valence-corrected chi connectivity index (χ0v) is 16.1. The predicted octanol–water partition coefficient (Wildman–Crippen LogP) is 3.82. The first-order valence-electron chi connectivity index (χ1n) is 9.22. The molecule has 0 radical (unpaired) electrons. The van der Waals surface area contributed by atoms with Crippen LogP contribution in [-0.2, 0) is 4.74 Å². The number of esters is 1. The Labute approximate surface area is 167 Å². The number of methoxy groups -OCH3 is 1. The quantitative estimate of drug-likeness (QED) is 0.601. The second kappa shape index (κ2) is 8.22. The molecule has 0 saturated carbocycles. The molecule has 0 aliphatic carbocycles. The number of benzene rings is 2. The van der Waals surface area contributed by atoms with Gasteiger partial charge in [0, 0.05) is 12.0 Å². The third-order valence-corrected chi connectivity index (χ3v) is 4.39. The highest BCUT2D eigenvalue weighted by molar-refractivity contribution is 5.90. The zero-order chi connectivity index (χ0) is 20.2. The SMILES string of the molecule is COc1ccc(-c2nnc(C(C)OC(=O)c3ccc4c(c3)OCCCO4)o2)cc1. The van der Waals surface area contributed by atoms with E-state index in [0.717, 1.165) is 17.7 Å². The van der Waals surface area contributed by atoms with E-state index in [-0.39, 0.29) is 5.89 Å². The van der Waals surface area contributed by atoms with E-state index in [9.17, 15) is 4.79 Å². The molecule has 2 aromatic carbocycles. The van der Waals surface area contributed by atoms with Crippen LogP contribution in [0.5, 0.6) is 17.2 Å². The molecule has 0 spiro atoms. The van der Waals surface area contributed by atoms with Crippen LogP contribution in [0.15, 0.2) is 46.9 Å². The molecular formula is C21H20N2O6. The number of aromatic nitrogens is 2. The molecule has 8 nitrogen and oxygen atoms in total. The fraction of sp³-hybridized carbons (Fsp3) is 0.286. The van der Waals surface area contributed by atoms with Gasteiger partial charge < -0.3 is 23.4 Å². The van der Waals surface area contributed by atoms with Gasteiger partial charge in [0.25, 0.3) is 5.89 Å². The number of carbonyl (C=O) groups is 1. The van der Waals surface area contributed by atoms with Crippen molar-refractivity contribution in [3.63, 3.8) is 0 Å². The Kier molecular flexibility index (Phi) is 5.33. The van der Waals surface area contributed by atoms with E-state index in [2.05, 4.69) is 10.2 Å². The summed E-state index contributed by atoms with van der Waals surface area (Å²) in [5.74, 6) is 1.90. The van der Waals surface area contributed by atoms with Gasteiger partial charge in [-0.2, -0.15) is 0 Å². The van der Waals surface area contributed by atoms with Gasteiger partial charge in [-0.15, -0.1) is 10.2 Å². The maximum absolute atomic E-state index is 12.5. The van der Waals surface area contributed by atoms with E-state index in [4.69, 9.17) is 23.4 Å². The molecule has 8 heteroatoms. The van der Waals surface area contributed by atoms with Crippen LogP contribution in [0.25, 0.3) is 11.5 Å². The first-order chi connectivity index (χ1) is 14.1. The lowest BCUT2D eigenvalue weighted by Crippen LogP contribution is -2.10. The van der Waals surface area contributed by atoms with Gasteiger partial charge in [-0.1, -0.05) is 0 Å². The van der Waals surface area contributed by atoms with E-state index in [1.54, 1.807) is 44.4 Å². The molecule has 0 saturated heterocycles. The van der Waals surface area contributed by atoms with Crippen LogP contribution in [0.4, 0.5) is 0 Å². The van der Waals surface area contributed by atoms with Crippen molar-refractivity contribution in [3.8, 4) is 28.7 Å². The van der Waals surface area contributed by atoms with Gasteiger partial charge in [-0.25, -0.2) is 4.79 Å². The molecule has 1 atom stereocenters. The minimum absolute atomic E-state index is 0.207. The lowest BCUT2D eigenvalue weighted by atomic mass is 10.2. The van der Waals surface area contributed by atoms with E-state index < -0.39 is 12.1 Å².